The quantitative estimate of drug-likeness (QED) is 0.780. The molecule has 15 heavy (non-hydrogen) atoms. The molecule has 1 rings (SSSR count). The van der Waals surface area contributed by atoms with Gasteiger partial charge in [0.15, 0.2) is 5.03 Å². The fourth-order valence-corrected chi connectivity index (χ4v) is 2.22. The molecule has 0 aliphatic carbocycles. The Kier molecular flexibility index (Phi) is 3.52. The lowest BCUT2D eigenvalue weighted by atomic mass is 10.2. The van der Waals surface area contributed by atoms with Gasteiger partial charge in [-0.3, -0.25) is 0 Å². The number of rotatable bonds is 2. The van der Waals surface area contributed by atoms with E-state index >= 15 is 0 Å². The van der Waals surface area contributed by atoms with Gasteiger partial charge in [-0.1, -0.05) is 11.6 Å². The van der Waals surface area contributed by atoms with E-state index in [1.807, 2.05) is 0 Å². The molecule has 0 atom stereocenters. The molecule has 0 aromatic carbocycles. The Morgan fingerprint density at radius 2 is 2.00 bits per heavy atom. The van der Waals surface area contributed by atoms with Crippen molar-refractivity contribution in [1.82, 2.24) is 4.98 Å². The van der Waals surface area contributed by atoms with E-state index in [2.05, 4.69) is 4.98 Å². The minimum atomic E-state index is -4.30. The first-order valence-electron chi connectivity index (χ1n) is 3.63. The minimum absolute atomic E-state index is 0.0330. The summed E-state index contributed by atoms with van der Waals surface area (Å²) in [4.78, 5) is 3.30. The summed E-state index contributed by atoms with van der Waals surface area (Å²) in [6.07, 6.45) is -2.03. The summed E-state index contributed by atoms with van der Waals surface area (Å²) in [5, 5.41) is -0.879. The second kappa shape index (κ2) is 4.19. The molecule has 1 heterocycles. The van der Waals surface area contributed by atoms with Gasteiger partial charge in [-0.2, -0.15) is 0 Å². The van der Waals surface area contributed by atoms with Crippen molar-refractivity contribution in [1.29, 1.82) is 0 Å². The molecule has 0 unspecified atom stereocenters. The first kappa shape index (κ1) is 12.6. The summed E-state index contributed by atoms with van der Waals surface area (Å²) in [5.41, 5.74) is -0.793. The van der Waals surface area contributed by atoms with Crippen molar-refractivity contribution in [2.75, 3.05) is 0 Å². The van der Waals surface area contributed by atoms with E-state index in [0.717, 1.165) is 6.20 Å². The Balaban J connectivity index is 3.62. The molecule has 8 heteroatoms. The van der Waals surface area contributed by atoms with Gasteiger partial charge >= 0.3 is 0 Å². The highest BCUT2D eigenvalue weighted by atomic mass is 35.7. The third-order valence-corrected chi connectivity index (χ3v) is 3.34. The lowest BCUT2D eigenvalue weighted by Gasteiger charge is -2.09. The lowest BCUT2D eigenvalue weighted by molar-refractivity contribution is 0.146. The predicted octanol–water partition coefficient (Wildman–Crippen LogP) is 2.91. The van der Waals surface area contributed by atoms with Crippen molar-refractivity contribution < 1.29 is 17.2 Å². The Hall–Kier alpha value is -0.460. The van der Waals surface area contributed by atoms with Crippen LogP contribution < -0.4 is 0 Å². The number of hydrogen-bond donors (Lipinski definition) is 0. The molecular formula is C7H5Cl2F2NO2S. The average Bonchev–Trinajstić information content (AvgIpc) is 2.06. The summed E-state index contributed by atoms with van der Waals surface area (Å²) in [6, 6.07) is 0. The second-order valence-electron chi connectivity index (χ2n) is 2.69. The average molecular weight is 276 g/mol. The van der Waals surface area contributed by atoms with E-state index in [-0.39, 0.29) is 10.6 Å². The van der Waals surface area contributed by atoms with Gasteiger partial charge < -0.3 is 0 Å². The number of nitrogens with zero attached hydrogens (tertiary/aromatic N) is 1. The van der Waals surface area contributed by atoms with Crippen molar-refractivity contribution in [3.05, 3.63) is 22.3 Å². The van der Waals surface area contributed by atoms with Crippen molar-refractivity contribution in [2.45, 2.75) is 18.4 Å². The van der Waals surface area contributed by atoms with Crippen molar-refractivity contribution in [3.8, 4) is 0 Å². The summed E-state index contributed by atoms with van der Waals surface area (Å²) in [7, 11) is 0.670. The van der Waals surface area contributed by atoms with Gasteiger partial charge in [0, 0.05) is 16.9 Å². The molecule has 0 spiro atoms. The standard InChI is InChI=1S/C7H5Cl2F2NO2S/c1-3-4(8)2-12-7(15(9,13)14)5(3)6(10)11/h2,6H,1H3. The highest BCUT2D eigenvalue weighted by Crippen LogP contribution is 2.33. The Morgan fingerprint density at radius 3 is 2.40 bits per heavy atom. The van der Waals surface area contributed by atoms with Crippen LogP contribution in [0.25, 0.3) is 0 Å². The zero-order valence-electron chi connectivity index (χ0n) is 7.34. The van der Waals surface area contributed by atoms with Gasteiger partial charge in [-0.15, -0.1) is 0 Å². The second-order valence-corrected chi connectivity index (χ2v) is 5.58. The Morgan fingerprint density at radius 1 is 1.47 bits per heavy atom. The zero-order chi connectivity index (χ0) is 11.8. The SMILES string of the molecule is Cc1c(Cl)cnc(S(=O)(=O)Cl)c1C(F)F. The molecule has 1 aromatic rings. The van der Waals surface area contributed by atoms with Crippen LogP contribution in [0.15, 0.2) is 11.2 Å². The summed E-state index contributed by atoms with van der Waals surface area (Å²) in [5.74, 6) is 0. The zero-order valence-corrected chi connectivity index (χ0v) is 9.67. The fraction of sp³-hybridized carbons (Fsp3) is 0.286. The third kappa shape index (κ3) is 2.56. The largest absolute Gasteiger partial charge is 0.279 e. The van der Waals surface area contributed by atoms with Gasteiger partial charge in [0.2, 0.25) is 0 Å². The maximum absolute atomic E-state index is 12.6. The van der Waals surface area contributed by atoms with E-state index in [1.54, 1.807) is 0 Å². The van der Waals surface area contributed by atoms with E-state index in [9.17, 15) is 17.2 Å². The fourth-order valence-electron chi connectivity index (χ4n) is 1.02. The van der Waals surface area contributed by atoms with Crippen LogP contribution in [0.5, 0.6) is 0 Å². The van der Waals surface area contributed by atoms with E-state index in [0.29, 0.717) is 0 Å². The summed E-state index contributed by atoms with van der Waals surface area (Å²) >= 11 is 5.55. The van der Waals surface area contributed by atoms with Crippen molar-refractivity contribution >= 4 is 31.3 Å². The molecule has 0 aliphatic heterocycles. The molecule has 0 aliphatic rings. The van der Waals surface area contributed by atoms with E-state index in [1.165, 1.54) is 6.92 Å². The number of hydrogen-bond acceptors (Lipinski definition) is 3. The monoisotopic (exact) mass is 275 g/mol. The third-order valence-electron chi connectivity index (χ3n) is 1.74. The van der Waals surface area contributed by atoms with Crippen molar-refractivity contribution in [3.63, 3.8) is 0 Å². The van der Waals surface area contributed by atoms with Gasteiger partial charge in [0.25, 0.3) is 15.5 Å². The number of aromatic nitrogens is 1. The molecule has 0 saturated heterocycles. The molecule has 1 aromatic heterocycles. The molecule has 0 saturated carbocycles. The van der Waals surface area contributed by atoms with E-state index in [4.69, 9.17) is 22.3 Å². The van der Waals surface area contributed by atoms with Crippen LogP contribution in [0.2, 0.25) is 5.02 Å². The molecule has 0 amide bonds. The number of alkyl halides is 2. The molecule has 0 radical (unpaired) electrons. The van der Waals surface area contributed by atoms with Gasteiger partial charge in [-0.05, 0) is 12.5 Å². The highest BCUT2D eigenvalue weighted by Gasteiger charge is 2.26. The van der Waals surface area contributed by atoms with Crippen LogP contribution in [-0.2, 0) is 9.05 Å². The van der Waals surface area contributed by atoms with Gasteiger partial charge in [0.05, 0.1) is 10.6 Å². The summed E-state index contributed by atoms with van der Waals surface area (Å²) in [6.45, 7) is 1.27. The normalized spacial score (nSPS) is 12.1. The van der Waals surface area contributed by atoms with E-state index < -0.39 is 26.1 Å². The molecule has 84 valence electrons. The molecular weight excluding hydrogens is 271 g/mol. The van der Waals surface area contributed by atoms with Crippen LogP contribution in [0.1, 0.15) is 17.6 Å². The lowest BCUT2D eigenvalue weighted by Crippen LogP contribution is -2.04. The topological polar surface area (TPSA) is 47.0 Å². The maximum Gasteiger partial charge on any atom is 0.279 e. The number of pyridine rings is 1. The highest BCUT2D eigenvalue weighted by molar-refractivity contribution is 8.13. The first-order valence-corrected chi connectivity index (χ1v) is 6.31. The molecule has 3 nitrogen and oxygen atoms in total. The van der Waals surface area contributed by atoms with Crippen LogP contribution in [0, 0.1) is 6.92 Å². The Labute approximate surface area is 94.4 Å². The number of halogens is 4. The minimum Gasteiger partial charge on any atom is -0.242 e. The molecule has 0 fully saturated rings. The van der Waals surface area contributed by atoms with Crippen LogP contribution in [-0.4, -0.2) is 13.4 Å². The van der Waals surface area contributed by atoms with Gasteiger partial charge in [0.1, 0.15) is 0 Å². The van der Waals surface area contributed by atoms with Crippen LogP contribution >= 0.6 is 22.3 Å². The molecule has 0 bridgehead atoms. The smallest absolute Gasteiger partial charge is 0.242 e. The van der Waals surface area contributed by atoms with Gasteiger partial charge in [-0.25, -0.2) is 22.2 Å². The summed E-state index contributed by atoms with van der Waals surface area (Å²) < 4.78 is 47.1. The van der Waals surface area contributed by atoms with Crippen LogP contribution in [0.3, 0.4) is 0 Å². The maximum atomic E-state index is 12.6. The first-order chi connectivity index (χ1) is 6.75. The Bertz CT molecular complexity index is 490. The predicted molar refractivity (Wildman–Crippen MR) is 52.0 cm³/mol. The van der Waals surface area contributed by atoms with Crippen LogP contribution in [0.4, 0.5) is 8.78 Å². The van der Waals surface area contributed by atoms with Crippen molar-refractivity contribution in [2.24, 2.45) is 0 Å². The molecule has 0 N–H and O–H groups in total.